The molecule has 0 saturated carbocycles. The van der Waals surface area contributed by atoms with Crippen LogP contribution in [-0.2, 0) is 6.61 Å². The summed E-state index contributed by atoms with van der Waals surface area (Å²) in [4.78, 5) is 11.3. The highest BCUT2D eigenvalue weighted by Gasteiger charge is 2.16. The van der Waals surface area contributed by atoms with Crippen LogP contribution in [0.15, 0.2) is 48.5 Å². The molecule has 0 atom stereocenters. The van der Waals surface area contributed by atoms with E-state index >= 15 is 0 Å². The number of hydrogen-bond acceptors (Lipinski definition) is 5. The summed E-state index contributed by atoms with van der Waals surface area (Å²) in [5.41, 5.74) is 7.13. The lowest BCUT2D eigenvalue weighted by atomic mass is 10.1. The van der Waals surface area contributed by atoms with Crippen molar-refractivity contribution in [1.29, 1.82) is 0 Å². The Balaban J connectivity index is 1.87. The lowest BCUT2D eigenvalue weighted by molar-refractivity contribution is 0.0996. The first kappa shape index (κ1) is 14.6. The van der Waals surface area contributed by atoms with Gasteiger partial charge in [0.25, 0.3) is 5.91 Å². The molecule has 2 aromatic carbocycles. The fourth-order valence-corrected chi connectivity index (χ4v) is 2.12. The van der Waals surface area contributed by atoms with Gasteiger partial charge in [0, 0.05) is 5.56 Å². The lowest BCUT2D eigenvalue weighted by Crippen LogP contribution is -2.12. The Hall–Kier alpha value is -3.35. The molecular formula is C16H14N4O3. The van der Waals surface area contributed by atoms with Crippen molar-refractivity contribution in [3.63, 3.8) is 0 Å². The van der Waals surface area contributed by atoms with Crippen LogP contribution < -0.4 is 10.5 Å². The van der Waals surface area contributed by atoms with Crippen LogP contribution >= 0.6 is 0 Å². The fourth-order valence-electron chi connectivity index (χ4n) is 2.12. The number of carbonyl (C=O) groups excluding carboxylic acids is 1. The molecule has 0 aliphatic heterocycles. The van der Waals surface area contributed by atoms with Crippen molar-refractivity contribution in [2.45, 2.75) is 6.61 Å². The van der Waals surface area contributed by atoms with E-state index < -0.39 is 5.91 Å². The molecule has 1 heterocycles. The van der Waals surface area contributed by atoms with E-state index in [1.54, 1.807) is 12.1 Å². The average molecular weight is 310 g/mol. The summed E-state index contributed by atoms with van der Waals surface area (Å²) in [5.74, 6) is -0.410. The number of ether oxygens (including phenoxy) is 1. The first-order chi connectivity index (χ1) is 11.1. The van der Waals surface area contributed by atoms with Crippen LogP contribution in [0.5, 0.6) is 11.5 Å². The molecule has 0 unspecified atom stereocenters. The van der Waals surface area contributed by atoms with Crippen LogP contribution in [0.25, 0.3) is 11.3 Å². The van der Waals surface area contributed by atoms with Gasteiger partial charge in [0.2, 0.25) is 0 Å². The van der Waals surface area contributed by atoms with Crippen molar-refractivity contribution >= 4 is 5.91 Å². The van der Waals surface area contributed by atoms with E-state index in [9.17, 15) is 9.90 Å². The van der Waals surface area contributed by atoms with Gasteiger partial charge in [-0.2, -0.15) is 15.4 Å². The third kappa shape index (κ3) is 3.13. The molecule has 7 nitrogen and oxygen atoms in total. The van der Waals surface area contributed by atoms with E-state index in [4.69, 9.17) is 10.5 Å². The van der Waals surface area contributed by atoms with E-state index in [0.717, 1.165) is 5.56 Å². The Kier molecular flexibility index (Phi) is 3.92. The number of aromatic hydroxyl groups is 1. The van der Waals surface area contributed by atoms with Crippen molar-refractivity contribution in [3.8, 4) is 22.8 Å². The van der Waals surface area contributed by atoms with Crippen molar-refractivity contribution in [2.75, 3.05) is 0 Å². The maximum atomic E-state index is 11.3. The molecule has 0 saturated heterocycles. The number of carbonyl (C=O) groups is 1. The van der Waals surface area contributed by atoms with Crippen LogP contribution in [0.2, 0.25) is 0 Å². The molecular weight excluding hydrogens is 296 g/mol. The number of nitrogens with two attached hydrogens (primary N) is 1. The zero-order valence-electron chi connectivity index (χ0n) is 12.1. The molecule has 1 amide bonds. The highest BCUT2D eigenvalue weighted by atomic mass is 16.5. The van der Waals surface area contributed by atoms with Gasteiger partial charge in [0.05, 0.1) is 0 Å². The predicted molar refractivity (Wildman–Crippen MR) is 82.8 cm³/mol. The number of hydrogen-bond donors (Lipinski definition) is 3. The zero-order chi connectivity index (χ0) is 16.2. The summed E-state index contributed by atoms with van der Waals surface area (Å²) in [6, 6.07) is 14.2. The van der Waals surface area contributed by atoms with Crippen LogP contribution in [0.1, 0.15) is 16.1 Å². The van der Waals surface area contributed by atoms with Crippen molar-refractivity contribution in [3.05, 3.63) is 59.8 Å². The number of phenolic OH excluding ortho intramolecular Hbond substituents is 1. The summed E-state index contributed by atoms with van der Waals surface area (Å²) in [6.07, 6.45) is 0. The van der Waals surface area contributed by atoms with Gasteiger partial charge < -0.3 is 15.6 Å². The molecule has 0 aliphatic carbocycles. The zero-order valence-corrected chi connectivity index (χ0v) is 12.1. The molecule has 23 heavy (non-hydrogen) atoms. The molecule has 0 spiro atoms. The second-order valence-electron chi connectivity index (χ2n) is 4.84. The van der Waals surface area contributed by atoms with Gasteiger partial charge in [-0.25, -0.2) is 0 Å². The number of amides is 1. The topological polar surface area (TPSA) is 114 Å². The normalized spacial score (nSPS) is 10.4. The Bertz CT molecular complexity index is 830. The first-order valence-electron chi connectivity index (χ1n) is 6.86. The predicted octanol–water partition coefficient (Wildman–Crippen LogP) is 1.86. The number of rotatable bonds is 5. The highest BCUT2D eigenvalue weighted by molar-refractivity contribution is 5.96. The van der Waals surface area contributed by atoms with Gasteiger partial charge in [-0.05, 0) is 23.8 Å². The average Bonchev–Trinajstić information content (AvgIpc) is 3.05. The number of phenols is 1. The van der Waals surface area contributed by atoms with Crippen LogP contribution in [-0.4, -0.2) is 26.4 Å². The van der Waals surface area contributed by atoms with Crippen LogP contribution in [0.4, 0.5) is 0 Å². The first-order valence-corrected chi connectivity index (χ1v) is 6.86. The Morgan fingerprint density at radius 1 is 1.17 bits per heavy atom. The summed E-state index contributed by atoms with van der Waals surface area (Å²) in [7, 11) is 0. The highest BCUT2D eigenvalue weighted by Crippen LogP contribution is 2.32. The smallest absolute Gasteiger partial charge is 0.271 e. The maximum absolute atomic E-state index is 11.3. The largest absolute Gasteiger partial charge is 0.504 e. The lowest BCUT2D eigenvalue weighted by Gasteiger charge is -2.09. The minimum absolute atomic E-state index is 0.00574. The van der Waals surface area contributed by atoms with Crippen molar-refractivity contribution in [2.24, 2.45) is 5.73 Å². The molecule has 116 valence electrons. The van der Waals surface area contributed by atoms with Gasteiger partial charge in [-0.3, -0.25) is 4.79 Å². The molecule has 0 radical (unpaired) electrons. The van der Waals surface area contributed by atoms with Gasteiger partial charge in [-0.1, -0.05) is 30.3 Å². The molecule has 1 aromatic heterocycles. The third-order valence-corrected chi connectivity index (χ3v) is 3.25. The second-order valence-corrected chi connectivity index (χ2v) is 4.84. The van der Waals surface area contributed by atoms with E-state index in [1.165, 1.54) is 6.07 Å². The van der Waals surface area contributed by atoms with E-state index in [-0.39, 0.29) is 17.2 Å². The van der Waals surface area contributed by atoms with E-state index in [0.29, 0.717) is 17.9 Å². The number of benzene rings is 2. The van der Waals surface area contributed by atoms with Crippen LogP contribution in [0, 0.1) is 0 Å². The Morgan fingerprint density at radius 2 is 1.96 bits per heavy atom. The maximum Gasteiger partial charge on any atom is 0.271 e. The summed E-state index contributed by atoms with van der Waals surface area (Å²) in [5, 5.41) is 19.9. The standard InChI is InChI=1S/C16H14N4O3/c17-16(22)15-14(18-20-19-15)11-6-7-12(21)13(8-11)23-9-10-4-2-1-3-5-10/h1-8,21H,9H2,(H2,17,22)(H,18,19,20). The Labute approximate surface area is 131 Å². The van der Waals surface area contributed by atoms with Crippen molar-refractivity contribution < 1.29 is 14.6 Å². The number of primary amides is 1. The van der Waals surface area contributed by atoms with Crippen molar-refractivity contribution in [1.82, 2.24) is 15.4 Å². The summed E-state index contributed by atoms with van der Waals surface area (Å²) >= 11 is 0. The minimum Gasteiger partial charge on any atom is -0.504 e. The van der Waals surface area contributed by atoms with Gasteiger partial charge in [-0.15, -0.1) is 0 Å². The summed E-state index contributed by atoms with van der Waals surface area (Å²) < 4.78 is 5.64. The number of nitrogens with zero attached hydrogens (tertiary/aromatic N) is 2. The molecule has 3 rings (SSSR count). The molecule has 7 heteroatoms. The quantitative estimate of drug-likeness (QED) is 0.665. The minimum atomic E-state index is -0.687. The van der Waals surface area contributed by atoms with E-state index in [1.807, 2.05) is 30.3 Å². The fraction of sp³-hybridized carbons (Fsp3) is 0.0625. The van der Waals surface area contributed by atoms with Gasteiger partial charge >= 0.3 is 0 Å². The third-order valence-electron chi connectivity index (χ3n) is 3.25. The molecule has 0 fully saturated rings. The van der Waals surface area contributed by atoms with E-state index in [2.05, 4.69) is 15.4 Å². The summed E-state index contributed by atoms with van der Waals surface area (Å²) in [6.45, 7) is 0.305. The number of H-pyrrole nitrogens is 1. The second kappa shape index (κ2) is 6.18. The van der Waals surface area contributed by atoms with Gasteiger partial charge in [0.15, 0.2) is 17.2 Å². The Morgan fingerprint density at radius 3 is 2.70 bits per heavy atom. The monoisotopic (exact) mass is 310 g/mol. The SMILES string of the molecule is NC(=O)c1n[nH]nc1-c1ccc(O)c(OCc2ccccc2)c1. The number of aromatic amines is 1. The molecule has 0 aliphatic rings. The number of nitrogens with one attached hydrogen (secondary N) is 1. The molecule has 4 N–H and O–H groups in total. The number of aromatic nitrogens is 3. The molecule has 3 aromatic rings. The van der Waals surface area contributed by atoms with Crippen LogP contribution in [0.3, 0.4) is 0 Å². The molecule has 0 bridgehead atoms. The van der Waals surface area contributed by atoms with Gasteiger partial charge in [0.1, 0.15) is 12.3 Å².